The highest BCUT2D eigenvalue weighted by Gasteiger charge is 2.03. The predicted molar refractivity (Wildman–Crippen MR) is 108 cm³/mol. The SMILES string of the molecule is O=C(CCCCCCCCCCCc1ccccc1)Oc1ccccc1. The molecular weight excluding hydrogens is 320 g/mol. The van der Waals surface area contributed by atoms with Crippen molar-refractivity contribution in [2.45, 2.75) is 70.6 Å². The summed E-state index contributed by atoms with van der Waals surface area (Å²) >= 11 is 0. The van der Waals surface area contributed by atoms with Crippen LogP contribution in [0, 0.1) is 0 Å². The van der Waals surface area contributed by atoms with Gasteiger partial charge in [0.1, 0.15) is 5.75 Å². The number of carbonyl (C=O) groups is 1. The van der Waals surface area contributed by atoms with Gasteiger partial charge in [0.15, 0.2) is 0 Å². The second kappa shape index (κ2) is 13.2. The van der Waals surface area contributed by atoms with Gasteiger partial charge in [-0.3, -0.25) is 4.79 Å². The monoisotopic (exact) mass is 352 g/mol. The van der Waals surface area contributed by atoms with Crippen molar-refractivity contribution in [1.29, 1.82) is 0 Å². The van der Waals surface area contributed by atoms with Crippen LogP contribution in [-0.4, -0.2) is 5.97 Å². The molecule has 0 amide bonds. The first-order chi connectivity index (χ1) is 12.8. The lowest BCUT2D eigenvalue weighted by Gasteiger charge is -2.04. The van der Waals surface area contributed by atoms with Gasteiger partial charge in [-0.1, -0.05) is 93.5 Å². The fraction of sp³-hybridized carbons (Fsp3) is 0.458. The van der Waals surface area contributed by atoms with Crippen molar-refractivity contribution in [3.8, 4) is 5.75 Å². The Morgan fingerprint density at radius 1 is 0.615 bits per heavy atom. The number of esters is 1. The Morgan fingerprint density at radius 2 is 1.12 bits per heavy atom. The lowest BCUT2D eigenvalue weighted by Crippen LogP contribution is -2.07. The van der Waals surface area contributed by atoms with Crippen molar-refractivity contribution in [2.24, 2.45) is 0 Å². The average Bonchev–Trinajstić information content (AvgIpc) is 2.67. The van der Waals surface area contributed by atoms with E-state index in [0.29, 0.717) is 12.2 Å². The third kappa shape index (κ3) is 9.41. The average molecular weight is 353 g/mol. The summed E-state index contributed by atoms with van der Waals surface area (Å²) in [6, 6.07) is 20.1. The minimum absolute atomic E-state index is 0.116. The smallest absolute Gasteiger partial charge is 0.311 e. The summed E-state index contributed by atoms with van der Waals surface area (Å²) in [6.45, 7) is 0. The zero-order valence-corrected chi connectivity index (χ0v) is 15.9. The summed E-state index contributed by atoms with van der Waals surface area (Å²) in [5, 5.41) is 0. The standard InChI is InChI=1S/C24H32O2/c25-24(26-23-19-13-9-14-20-23)21-15-7-5-3-1-2-4-6-10-16-22-17-11-8-12-18-22/h8-9,11-14,17-20H,1-7,10,15-16,21H2. The molecule has 0 unspecified atom stereocenters. The lowest BCUT2D eigenvalue weighted by molar-refractivity contribution is -0.134. The van der Waals surface area contributed by atoms with Crippen molar-refractivity contribution in [1.82, 2.24) is 0 Å². The second-order valence-electron chi connectivity index (χ2n) is 6.95. The van der Waals surface area contributed by atoms with E-state index in [0.717, 1.165) is 12.8 Å². The highest BCUT2D eigenvalue weighted by molar-refractivity contribution is 5.72. The van der Waals surface area contributed by atoms with Crippen LogP contribution in [-0.2, 0) is 11.2 Å². The molecule has 0 fully saturated rings. The Kier molecular flexibility index (Phi) is 10.2. The van der Waals surface area contributed by atoms with Crippen molar-refractivity contribution in [3.63, 3.8) is 0 Å². The fourth-order valence-electron chi connectivity index (χ4n) is 3.15. The van der Waals surface area contributed by atoms with E-state index in [-0.39, 0.29) is 5.97 Å². The van der Waals surface area contributed by atoms with Crippen LogP contribution >= 0.6 is 0 Å². The van der Waals surface area contributed by atoms with E-state index in [1.807, 2.05) is 30.3 Å². The molecule has 0 aliphatic rings. The normalized spacial score (nSPS) is 10.6. The molecule has 0 bridgehead atoms. The van der Waals surface area contributed by atoms with E-state index in [1.165, 1.54) is 56.9 Å². The van der Waals surface area contributed by atoms with Crippen LogP contribution in [0.2, 0.25) is 0 Å². The van der Waals surface area contributed by atoms with Gasteiger partial charge in [0.25, 0.3) is 0 Å². The maximum atomic E-state index is 11.7. The van der Waals surface area contributed by atoms with E-state index in [2.05, 4.69) is 30.3 Å². The quantitative estimate of drug-likeness (QED) is 0.227. The van der Waals surface area contributed by atoms with Gasteiger partial charge in [0, 0.05) is 6.42 Å². The highest BCUT2D eigenvalue weighted by atomic mass is 16.5. The molecule has 2 aromatic rings. The first-order valence-corrected chi connectivity index (χ1v) is 10.1. The summed E-state index contributed by atoms with van der Waals surface area (Å²) in [5.41, 5.74) is 1.46. The van der Waals surface area contributed by atoms with Gasteiger partial charge >= 0.3 is 5.97 Å². The van der Waals surface area contributed by atoms with Crippen molar-refractivity contribution in [2.75, 3.05) is 0 Å². The predicted octanol–water partition coefficient (Wildman–Crippen LogP) is 6.74. The minimum atomic E-state index is -0.116. The number of benzene rings is 2. The van der Waals surface area contributed by atoms with Gasteiger partial charge < -0.3 is 4.74 Å². The third-order valence-corrected chi connectivity index (χ3v) is 4.66. The Balaban J connectivity index is 1.35. The van der Waals surface area contributed by atoms with Crippen LogP contribution in [0.15, 0.2) is 60.7 Å². The molecule has 0 aliphatic carbocycles. The first-order valence-electron chi connectivity index (χ1n) is 10.1. The van der Waals surface area contributed by atoms with Crippen LogP contribution in [0.3, 0.4) is 0 Å². The van der Waals surface area contributed by atoms with E-state index >= 15 is 0 Å². The summed E-state index contributed by atoms with van der Waals surface area (Å²) in [7, 11) is 0. The molecule has 0 heterocycles. The number of ether oxygens (including phenoxy) is 1. The summed E-state index contributed by atoms with van der Waals surface area (Å²) in [5.74, 6) is 0.527. The molecule has 140 valence electrons. The summed E-state index contributed by atoms with van der Waals surface area (Å²) in [4.78, 5) is 11.7. The zero-order valence-electron chi connectivity index (χ0n) is 15.9. The molecule has 0 radical (unpaired) electrons. The van der Waals surface area contributed by atoms with Gasteiger partial charge in [0.05, 0.1) is 0 Å². The van der Waals surface area contributed by atoms with Crippen LogP contribution in [0.1, 0.15) is 69.8 Å². The Labute approximate surface area is 158 Å². The third-order valence-electron chi connectivity index (χ3n) is 4.66. The van der Waals surface area contributed by atoms with Gasteiger partial charge in [-0.15, -0.1) is 0 Å². The Morgan fingerprint density at radius 3 is 1.73 bits per heavy atom. The molecule has 0 atom stereocenters. The molecule has 2 heteroatoms. The largest absolute Gasteiger partial charge is 0.427 e. The molecule has 2 aromatic carbocycles. The number of unbranched alkanes of at least 4 members (excludes halogenated alkanes) is 8. The van der Waals surface area contributed by atoms with Crippen LogP contribution in [0.4, 0.5) is 0 Å². The van der Waals surface area contributed by atoms with Crippen LogP contribution < -0.4 is 4.74 Å². The fourth-order valence-corrected chi connectivity index (χ4v) is 3.15. The molecule has 0 saturated carbocycles. The van der Waals surface area contributed by atoms with E-state index in [9.17, 15) is 4.79 Å². The maximum absolute atomic E-state index is 11.7. The molecule has 2 rings (SSSR count). The highest BCUT2D eigenvalue weighted by Crippen LogP contribution is 2.14. The molecular formula is C24H32O2. The molecule has 0 aliphatic heterocycles. The van der Waals surface area contributed by atoms with Crippen LogP contribution in [0.5, 0.6) is 5.75 Å². The number of rotatable bonds is 13. The van der Waals surface area contributed by atoms with Crippen molar-refractivity contribution >= 4 is 5.97 Å². The van der Waals surface area contributed by atoms with E-state index in [4.69, 9.17) is 4.74 Å². The van der Waals surface area contributed by atoms with Gasteiger partial charge in [0.2, 0.25) is 0 Å². The summed E-state index contributed by atoms with van der Waals surface area (Å²) in [6.07, 6.45) is 12.9. The molecule has 0 spiro atoms. The van der Waals surface area contributed by atoms with Crippen molar-refractivity contribution < 1.29 is 9.53 Å². The molecule has 0 saturated heterocycles. The molecule has 0 aromatic heterocycles. The van der Waals surface area contributed by atoms with Gasteiger partial charge in [-0.25, -0.2) is 0 Å². The first kappa shape index (κ1) is 20.2. The van der Waals surface area contributed by atoms with Crippen LogP contribution in [0.25, 0.3) is 0 Å². The lowest BCUT2D eigenvalue weighted by atomic mass is 10.0. The minimum Gasteiger partial charge on any atom is -0.427 e. The van der Waals surface area contributed by atoms with Gasteiger partial charge in [-0.05, 0) is 37.0 Å². The van der Waals surface area contributed by atoms with E-state index in [1.54, 1.807) is 0 Å². The topological polar surface area (TPSA) is 26.3 Å². The Hall–Kier alpha value is -2.09. The van der Waals surface area contributed by atoms with E-state index < -0.39 is 0 Å². The molecule has 2 nitrogen and oxygen atoms in total. The molecule has 26 heavy (non-hydrogen) atoms. The number of para-hydroxylation sites is 1. The number of hydrogen-bond acceptors (Lipinski definition) is 2. The van der Waals surface area contributed by atoms with Crippen molar-refractivity contribution in [3.05, 3.63) is 66.2 Å². The number of aryl methyl sites for hydroxylation is 1. The molecule has 0 N–H and O–H groups in total. The van der Waals surface area contributed by atoms with Gasteiger partial charge in [-0.2, -0.15) is 0 Å². The maximum Gasteiger partial charge on any atom is 0.311 e. The second-order valence-corrected chi connectivity index (χ2v) is 6.95. The number of hydrogen-bond donors (Lipinski definition) is 0. The summed E-state index contributed by atoms with van der Waals surface area (Å²) < 4.78 is 5.29. The zero-order chi connectivity index (χ0) is 18.3. The number of carbonyl (C=O) groups excluding carboxylic acids is 1. The Bertz CT molecular complexity index is 592.